The molecule has 0 unspecified atom stereocenters. The van der Waals surface area contributed by atoms with Gasteiger partial charge in [-0.2, -0.15) is 0 Å². The lowest BCUT2D eigenvalue weighted by molar-refractivity contribution is 0.0697. The Hall–Kier alpha value is -1.16. The first-order valence-corrected chi connectivity index (χ1v) is 6.60. The fraction of sp³-hybridized carbons (Fsp3) is 0. The van der Waals surface area contributed by atoms with E-state index >= 15 is 0 Å². The molecular weight excluding hydrogens is 291 g/mol. The molecule has 0 fully saturated rings. The van der Waals surface area contributed by atoms with Crippen molar-refractivity contribution in [3.05, 3.63) is 58.1 Å². The summed E-state index contributed by atoms with van der Waals surface area (Å²) in [7, 11) is 0. The van der Waals surface area contributed by atoms with E-state index in [4.69, 9.17) is 28.3 Å². The lowest BCUT2D eigenvalue weighted by Gasteiger charge is -2.05. The van der Waals surface area contributed by atoms with Crippen molar-refractivity contribution in [2.45, 2.75) is 9.79 Å². The predicted octanol–water partition coefficient (Wildman–Crippen LogP) is 4.84. The van der Waals surface area contributed by atoms with Crippen LogP contribution in [0.1, 0.15) is 10.4 Å². The van der Waals surface area contributed by atoms with Crippen molar-refractivity contribution in [2.24, 2.45) is 0 Å². The average Bonchev–Trinajstić information content (AvgIpc) is 2.31. The van der Waals surface area contributed by atoms with Crippen molar-refractivity contribution >= 4 is 40.9 Å². The molecule has 0 aliphatic carbocycles. The third-order valence-corrected chi connectivity index (χ3v) is 3.93. The van der Waals surface area contributed by atoms with Gasteiger partial charge >= 0.3 is 5.97 Å². The van der Waals surface area contributed by atoms with E-state index in [2.05, 4.69) is 0 Å². The molecule has 0 radical (unpaired) electrons. The Morgan fingerprint density at radius 1 is 1.11 bits per heavy atom. The zero-order valence-electron chi connectivity index (χ0n) is 9.06. The van der Waals surface area contributed by atoms with E-state index in [1.807, 2.05) is 18.2 Å². The van der Waals surface area contributed by atoms with Gasteiger partial charge in [0, 0.05) is 14.8 Å². The van der Waals surface area contributed by atoms with Crippen LogP contribution >= 0.6 is 35.0 Å². The summed E-state index contributed by atoms with van der Waals surface area (Å²) in [4.78, 5) is 12.5. The van der Waals surface area contributed by atoms with Gasteiger partial charge in [0.05, 0.1) is 10.6 Å². The molecule has 2 nitrogen and oxygen atoms in total. The van der Waals surface area contributed by atoms with E-state index in [0.717, 1.165) is 9.79 Å². The molecule has 92 valence electrons. The number of carboxylic acid groups (broad SMARTS) is 1. The quantitative estimate of drug-likeness (QED) is 0.881. The fourth-order valence-electron chi connectivity index (χ4n) is 1.37. The highest BCUT2D eigenvalue weighted by Gasteiger charge is 2.08. The summed E-state index contributed by atoms with van der Waals surface area (Å²) in [6.45, 7) is 0. The predicted molar refractivity (Wildman–Crippen MR) is 74.0 cm³/mol. The van der Waals surface area contributed by atoms with Crippen LogP contribution in [0, 0.1) is 0 Å². The van der Waals surface area contributed by atoms with Crippen molar-refractivity contribution in [3.63, 3.8) is 0 Å². The summed E-state index contributed by atoms with van der Waals surface area (Å²) in [5.74, 6) is -0.990. The molecule has 0 saturated carbocycles. The molecule has 0 aromatic heterocycles. The molecule has 1 N–H and O–H groups in total. The number of hydrogen-bond donors (Lipinski definition) is 1. The summed E-state index contributed by atoms with van der Waals surface area (Å²) in [5.41, 5.74) is 0.176. The van der Waals surface area contributed by atoms with Gasteiger partial charge in [-0.15, -0.1) is 0 Å². The number of carbonyl (C=O) groups is 1. The zero-order chi connectivity index (χ0) is 13.1. The highest BCUT2D eigenvalue weighted by Crippen LogP contribution is 2.34. The van der Waals surface area contributed by atoms with Gasteiger partial charge in [0.15, 0.2) is 0 Å². The molecule has 0 saturated heterocycles. The fourth-order valence-corrected chi connectivity index (χ4v) is 2.80. The van der Waals surface area contributed by atoms with E-state index in [0.29, 0.717) is 10.0 Å². The second-order valence-electron chi connectivity index (χ2n) is 3.51. The second kappa shape index (κ2) is 5.65. The van der Waals surface area contributed by atoms with Gasteiger partial charge in [0.1, 0.15) is 0 Å². The molecule has 0 bridgehead atoms. The monoisotopic (exact) mass is 298 g/mol. The van der Waals surface area contributed by atoms with E-state index in [1.165, 1.54) is 23.9 Å². The van der Waals surface area contributed by atoms with Crippen LogP contribution in [-0.4, -0.2) is 11.1 Å². The minimum absolute atomic E-state index is 0.176. The summed E-state index contributed by atoms with van der Waals surface area (Å²) < 4.78 is 0. The first-order valence-electron chi connectivity index (χ1n) is 5.02. The minimum atomic E-state index is -0.990. The SMILES string of the molecule is O=C(O)c1ccc(Sc2cccc(Cl)c2)c(Cl)c1. The van der Waals surface area contributed by atoms with Crippen LogP contribution in [0.15, 0.2) is 52.3 Å². The zero-order valence-corrected chi connectivity index (χ0v) is 11.4. The van der Waals surface area contributed by atoms with Gasteiger partial charge in [-0.25, -0.2) is 4.79 Å². The lowest BCUT2D eigenvalue weighted by Crippen LogP contribution is -1.95. The van der Waals surface area contributed by atoms with Gasteiger partial charge in [-0.05, 0) is 36.4 Å². The van der Waals surface area contributed by atoms with Gasteiger partial charge in [0.25, 0.3) is 0 Å². The molecule has 2 rings (SSSR count). The van der Waals surface area contributed by atoms with Crippen LogP contribution in [0.25, 0.3) is 0 Å². The second-order valence-corrected chi connectivity index (χ2v) is 5.47. The highest BCUT2D eigenvalue weighted by molar-refractivity contribution is 7.99. The Kier molecular flexibility index (Phi) is 4.17. The number of aromatic carboxylic acids is 1. The maximum Gasteiger partial charge on any atom is 0.335 e. The van der Waals surface area contributed by atoms with Crippen molar-refractivity contribution in [3.8, 4) is 0 Å². The minimum Gasteiger partial charge on any atom is -0.478 e. The Morgan fingerprint density at radius 2 is 1.89 bits per heavy atom. The Bertz CT molecular complexity index is 599. The molecule has 0 heterocycles. The molecule has 2 aromatic carbocycles. The van der Waals surface area contributed by atoms with Crippen molar-refractivity contribution in [2.75, 3.05) is 0 Å². The number of benzene rings is 2. The molecule has 5 heteroatoms. The number of carboxylic acids is 1. The number of rotatable bonds is 3. The summed E-state index contributed by atoms with van der Waals surface area (Å²) in [6, 6.07) is 12.0. The van der Waals surface area contributed by atoms with E-state index in [9.17, 15) is 4.79 Å². The molecule has 0 atom stereocenters. The largest absolute Gasteiger partial charge is 0.478 e. The molecular formula is C13H8Cl2O2S. The van der Waals surface area contributed by atoms with Crippen LogP contribution in [-0.2, 0) is 0 Å². The van der Waals surface area contributed by atoms with Gasteiger partial charge in [-0.3, -0.25) is 0 Å². The third-order valence-electron chi connectivity index (χ3n) is 2.20. The van der Waals surface area contributed by atoms with Crippen LogP contribution in [0.5, 0.6) is 0 Å². The van der Waals surface area contributed by atoms with Crippen LogP contribution < -0.4 is 0 Å². The van der Waals surface area contributed by atoms with Gasteiger partial charge < -0.3 is 5.11 Å². The molecule has 0 amide bonds. The lowest BCUT2D eigenvalue weighted by atomic mass is 10.2. The Labute approximate surface area is 119 Å². The maximum absolute atomic E-state index is 10.8. The standard InChI is InChI=1S/C13H8Cl2O2S/c14-9-2-1-3-10(7-9)18-12-5-4-8(13(16)17)6-11(12)15/h1-7H,(H,16,17). The maximum atomic E-state index is 10.8. The van der Waals surface area contributed by atoms with E-state index < -0.39 is 5.97 Å². The van der Waals surface area contributed by atoms with Crippen molar-refractivity contribution in [1.29, 1.82) is 0 Å². The summed E-state index contributed by atoms with van der Waals surface area (Å²) in [6.07, 6.45) is 0. The van der Waals surface area contributed by atoms with Crippen molar-refractivity contribution < 1.29 is 9.90 Å². The van der Waals surface area contributed by atoms with Gasteiger partial charge in [0.2, 0.25) is 0 Å². The smallest absolute Gasteiger partial charge is 0.335 e. The Balaban J connectivity index is 2.27. The van der Waals surface area contributed by atoms with Gasteiger partial charge in [-0.1, -0.05) is 41.0 Å². The molecule has 2 aromatic rings. The van der Waals surface area contributed by atoms with Crippen LogP contribution in [0.2, 0.25) is 10.0 Å². The third kappa shape index (κ3) is 3.19. The first kappa shape index (κ1) is 13.3. The average molecular weight is 299 g/mol. The van der Waals surface area contributed by atoms with Crippen LogP contribution in [0.4, 0.5) is 0 Å². The van der Waals surface area contributed by atoms with Crippen molar-refractivity contribution in [1.82, 2.24) is 0 Å². The molecule has 0 aliphatic rings. The number of hydrogen-bond acceptors (Lipinski definition) is 2. The normalized spacial score (nSPS) is 10.3. The highest BCUT2D eigenvalue weighted by atomic mass is 35.5. The molecule has 18 heavy (non-hydrogen) atoms. The van der Waals surface area contributed by atoms with E-state index in [-0.39, 0.29) is 5.56 Å². The molecule has 0 aliphatic heterocycles. The number of halogens is 2. The summed E-state index contributed by atoms with van der Waals surface area (Å²) >= 11 is 13.4. The summed E-state index contributed by atoms with van der Waals surface area (Å²) in [5, 5.41) is 9.91. The Morgan fingerprint density at radius 3 is 2.50 bits per heavy atom. The first-order chi connectivity index (χ1) is 8.56. The van der Waals surface area contributed by atoms with Crippen LogP contribution in [0.3, 0.4) is 0 Å². The molecule has 0 spiro atoms. The topological polar surface area (TPSA) is 37.3 Å². The van der Waals surface area contributed by atoms with E-state index in [1.54, 1.807) is 12.1 Å².